The van der Waals surface area contributed by atoms with E-state index in [1.807, 2.05) is 17.5 Å². The van der Waals surface area contributed by atoms with Crippen LogP contribution in [-0.4, -0.2) is 14.5 Å². The molecule has 1 saturated carbocycles. The molecule has 3 heterocycles. The van der Waals surface area contributed by atoms with E-state index in [4.69, 9.17) is 12.2 Å². The Morgan fingerprint density at radius 2 is 2.22 bits per heavy atom. The summed E-state index contributed by atoms with van der Waals surface area (Å²) in [5.74, 6) is 0. The van der Waals surface area contributed by atoms with E-state index in [1.165, 1.54) is 17.4 Å². The van der Waals surface area contributed by atoms with Gasteiger partial charge in [0.15, 0.2) is 4.77 Å². The Kier molecular flexibility index (Phi) is 3.38. The number of hydrogen-bond donors (Lipinski definition) is 1. The molecule has 1 fully saturated rings. The largest absolute Gasteiger partial charge is 0.299 e. The first-order valence-electron chi connectivity index (χ1n) is 7.08. The normalized spacial score (nSPS) is 14.7. The minimum atomic E-state index is -2.76. The Labute approximate surface area is 138 Å². The molecular weight excluding hydrogens is 340 g/mol. The van der Waals surface area contributed by atoms with Gasteiger partial charge in [0.25, 0.3) is 12.0 Å². The first-order chi connectivity index (χ1) is 11.1. The highest BCUT2D eigenvalue weighted by Crippen LogP contribution is 2.38. The molecule has 0 amide bonds. The molecular formula is C15H11F2N3OS2. The van der Waals surface area contributed by atoms with E-state index in [1.54, 1.807) is 4.57 Å². The van der Waals surface area contributed by atoms with Crippen LogP contribution in [0.15, 0.2) is 28.4 Å². The highest BCUT2D eigenvalue weighted by atomic mass is 32.1. The Morgan fingerprint density at radius 3 is 2.83 bits per heavy atom. The molecule has 1 N–H and O–H groups in total. The first kappa shape index (κ1) is 14.6. The number of hydrogen-bond acceptors (Lipinski definition) is 4. The summed E-state index contributed by atoms with van der Waals surface area (Å²) >= 11 is 6.63. The van der Waals surface area contributed by atoms with Gasteiger partial charge < -0.3 is 0 Å². The van der Waals surface area contributed by atoms with E-state index in [9.17, 15) is 13.6 Å². The number of halogens is 2. The Hall–Kier alpha value is -1.93. The van der Waals surface area contributed by atoms with Gasteiger partial charge in [0, 0.05) is 11.6 Å². The van der Waals surface area contributed by atoms with E-state index in [0.717, 1.165) is 17.7 Å². The fourth-order valence-corrected chi connectivity index (χ4v) is 3.68. The number of fused-ring (bicyclic) bond motifs is 1. The number of aromatic nitrogens is 3. The number of alkyl halides is 2. The van der Waals surface area contributed by atoms with Gasteiger partial charge in [-0.2, -0.15) is 0 Å². The van der Waals surface area contributed by atoms with Crippen molar-refractivity contribution in [2.75, 3.05) is 0 Å². The van der Waals surface area contributed by atoms with Gasteiger partial charge in [0.2, 0.25) is 0 Å². The highest BCUT2D eigenvalue weighted by Gasteiger charge is 2.28. The summed E-state index contributed by atoms with van der Waals surface area (Å²) in [7, 11) is 0. The van der Waals surface area contributed by atoms with Crippen LogP contribution in [0.25, 0.3) is 21.6 Å². The van der Waals surface area contributed by atoms with E-state index in [-0.39, 0.29) is 27.4 Å². The van der Waals surface area contributed by atoms with Crippen molar-refractivity contribution >= 4 is 34.6 Å². The summed E-state index contributed by atoms with van der Waals surface area (Å²) in [6.07, 6.45) is -0.946. The highest BCUT2D eigenvalue weighted by molar-refractivity contribution is 7.71. The number of aromatic amines is 1. The van der Waals surface area contributed by atoms with Crippen LogP contribution in [0.1, 0.15) is 30.9 Å². The lowest BCUT2D eigenvalue weighted by Crippen LogP contribution is -2.17. The Balaban J connectivity index is 2.15. The molecule has 0 aromatic carbocycles. The minimum absolute atomic E-state index is 0.0687. The average molecular weight is 351 g/mol. The number of nitrogens with zero attached hydrogens (tertiary/aromatic N) is 2. The predicted octanol–water partition coefficient (Wildman–Crippen LogP) is 4.46. The van der Waals surface area contributed by atoms with Crippen molar-refractivity contribution in [1.82, 2.24) is 14.5 Å². The fraction of sp³-hybridized carbons (Fsp3) is 0.267. The van der Waals surface area contributed by atoms with Gasteiger partial charge in [0.1, 0.15) is 5.65 Å². The minimum Gasteiger partial charge on any atom is -0.299 e. The van der Waals surface area contributed by atoms with Crippen molar-refractivity contribution in [1.29, 1.82) is 0 Å². The number of H-pyrrole nitrogens is 1. The summed E-state index contributed by atoms with van der Waals surface area (Å²) in [4.78, 5) is 20.0. The van der Waals surface area contributed by atoms with E-state index in [0.29, 0.717) is 5.69 Å². The molecule has 1 aliphatic carbocycles. The summed E-state index contributed by atoms with van der Waals surface area (Å²) in [5, 5.41) is 1.79. The standard InChI is InChI=1S/C15H11F2N3OS2/c16-12(17)8-6-9(10-2-1-5-23-10)18-13-11(8)14(21)19-15(22)20(13)7-3-4-7/h1-2,5-7,12H,3-4H2,(H,19,21,22). The third kappa shape index (κ3) is 2.42. The molecule has 3 aromatic heterocycles. The lowest BCUT2D eigenvalue weighted by molar-refractivity contribution is 0.153. The first-order valence-corrected chi connectivity index (χ1v) is 8.36. The molecule has 3 aromatic rings. The number of rotatable bonds is 3. The summed E-state index contributed by atoms with van der Waals surface area (Å²) < 4.78 is 29.0. The smallest absolute Gasteiger partial charge is 0.264 e. The molecule has 4 nitrogen and oxygen atoms in total. The van der Waals surface area contributed by atoms with Crippen molar-refractivity contribution in [2.24, 2.45) is 0 Å². The van der Waals surface area contributed by atoms with Crippen molar-refractivity contribution in [3.8, 4) is 10.6 Å². The van der Waals surface area contributed by atoms with Crippen molar-refractivity contribution in [3.05, 3.63) is 44.3 Å². The molecule has 0 spiro atoms. The quantitative estimate of drug-likeness (QED) is 0.709. The van der Waals surface area contributed by atoms with Crippen molar-refractivity contribution < 1.29 is 8.78 Å². The maximum Gasteiger partial charge on any atom is 0.264 e. The van der Waals surface area contributed by atoms with Crippen LogP contribution in [0.4, 0.5) is 8.78 Å². The molecule has 118 valence electrons. The molecule has 0 atom stereocenters. The molecule has 0 unspecified atom stereocenters. The summed E-state index contributed by atoms with van der Waals surface area (Å²) in [6, 6.07) is 5.07. The van der Waals surface area contributed by atoms with Gasteiger partial charge in [-0.15, -0.1) is 11.3 Å². The Bertz CT molecular complexity index is 1000. The lowest BCUT2D eigenvalue weighted by Gasteiger charge is -2.13. The zero-order chi connectivity index (χ0) is 16.1. The molecule has 0 saturated heterocycles. The van der Waals surface area contributed by atoms with Gasteiger partial charge in [-0.3, -0.25) is 14.3 Å². The molecule has 23 heavy (non-hydrogen) atoms. The van der Waals surface area contributed by atoms with Crippen LogP contribution < -0.4 is 5.56 Å². The van der Waals surface area contributed by atoms with Crippen LogP contribution in [0.2, 0.25) is 0 Å². The predicted molar refractivity (Wildman–Crippen MR) is 87.7 cm³/mol. The SMILES string of the molecule is O=c1[nH]c(=S)n(C2CC2)c2nc(-c3cccs3)cc(C(F)F)c12. The van der Waals surface area contributed by atoms with Crippen LogP contribution >= 0.6 is 23.6 Å². The van der Waals surface area contributed by atoms with E-state index >= 15 is 0 Å². The van der Waals surface area contributed by atoms with Gasteiger partial charge in [0.05, 0.1) is 16.0 Å². The molecule has 8 heteroatoms. The summed E-state index contributed by atoms with van der Waals surface area (Å²) in [5.41, 5.74) is -0.217. The maximum absolute atomic E-state index is 13.5. The number of nitrogens with one attached hydrogen (secondary N) is 1. The second-order valence-electron chi connectivity index (χ2n) is 5.43. The van der Waals surface area contributed by atoms with Gasteiger partial charge in [-0.05, 0) is 42.6 Å². The zero-order valence-corrected chi connectivity index (χ0v) is 13.4. The molecule has 0 aliphatic heterocycles. The third-order valence-electron chi connectivity index (χ3n) is 3.85. The molecule has 0 radical (unpaired) electrons. The molecule has 1 aliphatic rings. The van der Waals surface area contributed by atoms with Crippen LogP contribution in [0, 0.1) is 4.77 Å². The second-order valence-corrected chi connectivity index (χ2v) is 6.77. The molecule has 0 bridgehead atoms. The Morgan fingerprint density at radius 1 is 1.43 bits per heavy atom. The fourth-order valence-electron chi connectivity index (χ4n) is 2.67. The monoisotopic (exact) mass is 351 g/mol. The second kappa shape index (κ2) is 5.31. The van der Waals surface area contributed by atoms with Crippen LogP contribution in [0.3, 0.4) is 0 Å². The van der Waals surface area contributed by atoms with Crippen molar-refractivity contribution in [2.45, 2.75) is 25.3 Å². The average Bonchev–Trinajstić information content (AvgIpc) is 3.18. The van der Waals surface area contributed by atoms with E-state index < -0.39 is 12.0 Å². The zero-order valence-electron chi connectivity index (χ0n) is 11.8. The lowest BCUT2D eigenvalue weighted by atomic mass is 10.1. The third-order valence-corrected chi connectivity index (χ3v) is 5.04. The van der Waals surface area contributed by atoms with E-state index in [2.05, 4.69) is 9.97 Å². The van der Waals surface area contributed by atoms with Gasteiger partial charge >= 0.3 is 0 Å². The van der Waals surface area contributed by atoms with Gasteiger partial charge in [-0.1, -0.05) is 6.07 Å². The van der Waals surface area contributed by atoms with Crippen LogP contribution in [-0.2, 0) is 0 Å². The van der Waals surface area contributed by atoms with Crippen molar-refractivity contribution in [3.63, 3.8) is 0 Å². The summed E-state index contributed by atoms with van der Waals surface area (Å²) in [6.45, 7) is 0. The number of pyridine rings is 1. The molecule has 4 rings (SSSR count). The maximum atomic E-state index is 13.5. The van der Waals surface area contributed by atoms with Gasteiger partial charge in [-0.25, -0.2) is 13.8 Å². The topological polar surface area (TPSA) is 50.7 Å². The number of thiophene rings is 1. The van der Waals surface area contributed by atoms with Crippen LogP contribution in [0.5, 0.6) is 0 Å².